The third kappa shape index (κ3) is 1.59. The monoisotopic (exact) mass is 174 g/mol. The van der Waals surface area contributed by atoms with Gasteiger partial charge in [-0.25, -0.2) is 4.98 Å². The second kappa shape index (κ2) is 3.01. The van der Waals surface area contributed by atoms with Gasteiger partial charge >= 0.3 is 0 Å². The highest BCUT2D eigenvalue weighted by Gasteiger charge is 2.03. The molecule has 2 heterocycles. The van der Waals surface area contributed by atoms with Gasteiger partial charge in [-0.1, -0.05) is 0 Å². The largest absolute Gasteiger partial charge is 0.462 e. The number of furan rings is 1. The Kier molecular flexibility index (Phi) is 1.85. The van der Waals surface area contributed by atoms with Crippen molar-refractivity contribution in [1.29, 1.82) is 0 Å². The lowest BCUT2D eigenvalue weighted by Gasteiger charge is -1.94. The standard InChI is InChI=1S/C10H10N2O/c1-7-3-10(13-6-7)9-5-11-8(2)4-12-9/h3-6H,1-2H3. The van der Waals surface area contributed by atoms with Crippen molar-refractivity contribution in [2.75, 3.05) is 0 Å². The van der Waals surface area contributed by atoms with E-state index < -0.39 is 0 Å². The first-order valence-corrected chi connectivity index (χ1v) is 4.10. The molecule has 0 N–H and O–H groups in total. The molecule has 0 unspecified atom stereocenters. The predicted molar refractivity (Wildman–Crippen MR) is 49.2 cm³/mol. The lowest BCUT2D eigenvalue weighted by Crippen LogP contribution is -1.85. The first-order valence-electron chi connectivity index (χ1n) is 4.10. The Hall–Kier alpha value is -1.64. The minimum atomic E-state index is 0.769. The Morgan fingerprint density at radius 2 is 2.00 bits per heavy atom. The Bertz CT molecular complexity index is 403. The van der Waals surface area contributed by atoms with E-state index >= 15 is 0 Å². The summed E-state index contributed by atoms with van der Waals surface area (Å²) in [5, 5.41) is 0. The van der Waals surface area contributed by atoms with Crippen LogP contribution in [0.4, 0.5) is 0 Å². The van der Waals surface area contributed by atoms with Crippen molar-refractivity contribution in [2.24, 2.45) is 0 Å². The molecule has 2 rings (SSSR count). The summed E-state index contributed by atoms with van der Waals surface area (Å²) in [6.07, 6.45) is 5.15. The van der Waals surface area contributed by atoms with Crippen LogP contribution in [0.3, 0.4) is 0 Å². The van der Waals surface area contributed by atoms with E-state index in [0.29, 0.717) is 0 Å². The van der Waals surface area contributed by atoms with Crippen molar-refractivity contribution in [2.45, 2.75) is 13.8 Å². The quantitative estimate of drug-likeness (QED) is 0.666. The number of hydrogen-bond donors (Lipinski definition) is 0. The van der Waals surface area contributed by atoms with Crippen molar-refractivity contribution in [3.05, 3.63) is 36.0 Å². The minimum Gasteiger partial charge on any atom is -0.462 e. The second-order valence-electron chi connectivity index (χ2n) is 3.03. The van der Waals surface area contributed by atoms with Crippen LogP contribution >= 0.6 is 0 Å². The fraction of sp³-hybridized carbons (Fsp3) is 0.200. The molecule has 0 aliphatic heterocycles. The van der Waals surface area contributed by atoms with E-state index in [2.05, 4.69) is 9.97 Å². The zero-order valence-corrected chi connectivity index (χ0v) is 7.61. The zero-order valence-electron chi connectivity index (χ0n) is 7.61. The van der Waals surface area contributed by atoms with Gasteiger partial charge < -0.3 is 4.42 Å². The fourth-order valence-corrected chi connectivity index (χ4v) is 1.09. The highest BCUT2D eigenvalue weighted by Crippen LogP contribution is 2.18. The average molecular weight is 174 g/mol. The van der Waals surface area contributed by atoms with Crippen LogP contribution < -0.4 is 0 Å². The van der Waals surface area contributed by atoms with Crippen LogP contribution in [0.5, 0.6) is 0 Å². The van der Waals surface area contributed by atoms with Crippen LogP contribution in [0.2, 0.25) is 0 Å². The van der Waals surface area contributed by atoms with E-state index in [1.807, 2.05) is 19.9 Å². The predicted octanol–water partition coefficient (Wildman–Crippen LogP) is 2.35. The summed E-state index contributed by atoms with van der Waals surface area (Å²) in [5.74, 6) is 0.769. The summed E-state index contributed by atoms with van der Waals surface area (Å²) in [4.78, 5) is 8.35. The first-order chi connectivity index (χ1) is 6.25. The summed E-state index contributed by atoms with van der Waals surface area (Å²) < 4.78 is 5.29. The van der Waals surface area contributed by atoms with E-state index in [1.54, 1.807) is 18.7 Å². The van der Waals surface area contributed by atoms with Crippen LogP contribution in [-0.2, 0) is 0 Å². The van der Waals surface area contributed by atoms with Crippen LogP contribution in [0.1, 0.15) is 11.3 Å². The molecule has 3 heteroatoms. The molecule has 0 aromatic carbocycles. The van der Waals surface area contributed by atoms with Gasteiger partial charge in [0.05, 0.1) is 18.2 Å². The van der Waals surface area contributed by atoms with Crippen molar-refractivity contribution >= 4 is 0 Å². The number of nitrogens with zero attached hydrogens (tertiary/aromatic N) is 2. The first kappa shape index (κ1) is 7.98. The van der Waals surface area contributed by atoms with E-state index in [-0.39, 0.29) is 0 Å². The molecule has 13 heavy (non-hydrogen) atoms. The molecule has 66 valence electrons. The molecule has 2 aromatic heterocycles. The zero-order chi connectivity index (χ0) is 9.26. The van der Waals surface area contributed by atoms with E-state index in [9.17, 15) is 0 Å². The number of rotatable bonds is 1. The second-order valence-corrected chi connectivity index (χ2v) is 3.03. The van der Waals surface area contributed by atoms with E-state index in [4.69, 9.17) is 4.42 Å². The van der Waals surface area contributed by atoms with Gasteiger partial charge in [-0.05, 0) is 25.5 Å². The summed E-state index contributed by atoms with van der Waals surface area (Å²) in [5.41, 5.74) is 2.78. The molecule has 0 saturated carbocycles. The summed E-state index contributed by atoms with van der Waals surface area (Å²) in [6, 6.07) is 1.94. The maximum absolute atomic E-state index is 5.29. The molecule has 0 amide bonds. The Morgan fingerprint density at radius 3 is 2.54 bits per heavy atom. The molecule has 0 fully saturated rings. The molecule has 0 bridgehead atoms. The van der Waals surface area contributed by atoms with Gasteiger partial charge in [-0.2, -0.15) is 0 Å². The fourth-order valence-electron chi connectivity index (χ4n) is 1.09. The molecule has 0 radical (unpaired) electrons. The van der Waals surface area contributed by atoms with E-state index in [0.717, 1.165) is 22.7 Å². The van der Waals surface area contributed by atoms with Gasteiger partial charge in [0.25, 0.3) is 0 Å². The van der Waals surface area contributed by atoms with Crippen molar-refractivity contribution in [1.82, 2.24) is 9.97 Å². The molecule has 0 aliphatic carbocycles. The van der Waals surface area contributed by atoms with Crippen LogP contribution in [0.25, 0.3) is 11.5 Å². The molecular formula is C10H10N2O. The summed E-state index contributed by atoms with van der Waals surface area (Å²) in [7, 11) is 0. The minimum absolute atomic E-state index is 0.769. The molecule has 0 aliphatic rings. The third-order valence-corrected chi connectivity index (χ3v) is 1.76. The topological polar surface area (TPSA) is 38.9 Å². The van der Waals surface area contributed by atoms with Crippen LogP contribution in [-0.4, -0.2) is 9.97 Å². The highest BCUT2D eigenvalue weighted by molar-refractivity contribution is 5.51. The highest BCUT2D eigenvalue weighted by atomic mass is 16.3. The maximum Gasteiger partial charge on any atom is 0.154 e. The number of aryl methyl sites for hydroxylation is 2. The third-order valence-electron chi connectivity index (χ3n) is 1.76. The molecule has 2 aromatic rings. The Balaban J connectivity index is 2.41. The van der Waals surface area contributed by atoms with E-state index in [1.165, 1.54) is 0 Å². The van der Waals surface area contributed by atoms with Crippen LogP contribution in [0, 0.1) is 13.8 Å². The number of hydrogen-bond acceptors (Lipinski definition) is 3. The molecular weight excluding hydrogens is 164 g/mol. The van der Waals surface area contributed by atoms with Crippen molar-refractivity contribution in [3.63, 3.8) is 0 Å². The van der Waals surface area contributed by atoms with Gasteiger partial charge in [0, 0.05) is 6.20 Å². The lowest BCUT2D eigenvalue weighted by atomic mass is 10.3. The average Bonchev–Trinajstić information content (AvgIpc) is 2.53. The maximum atomic E-state index is 5.29. The Labute approximate surface area is 76.5 Å². The van der Waals surface area contributed by atoms with Gasteiger partial charge in [0.15, 0.2) is 5.76 Å². The molecule has 3 nitrogen and oxygen atoms in total. The van der Waals surface area contributed by atoms with Crippen molar-refractivity contribution < 1.29 is 4.42 Å². The van der Waals surface area contributed by atoms with Crippen molar-refractivity contribution in [3.8, 4) is 11.5 Å². The Morgan fingerprint density at radius 1 is 1.15 bits per heavy atom. The van der Waals surface area contributed by atoms with Gasteiger partial charge in [0.2, 0.25) is 0 Å². The molecule has 0 saturated heterocycles. The number of aromatic nitrogens is 2. The van der Waals surface area contributed by atoms with Crippen LogP contribution in [0.15, 0.2) is 29.1 Å². The normalized spacial score (nSPS) is 10.3. The smallest absolute Gasteiger partial charge is 0.154 e. The molecule has 0 spiro atoms. The van der Waals surface area contributed by atoms with Gasteiger partial charge in [-0.3, -0.25) is 4.98 Å². The SMILES string of the molecule is Cc1coc(-c2cnc(C)cn2)c1. The van der Waals surface area contributed by atoms with Gasteiger partial charge in [0.1, 0.15) is 5.69 Å². The van der Waals surface area contributed by atoms with Gasteiger partial charge in [-0.15, -0.1) is 0 Å². The lowest BCUT2D eigenvalue weighted by molar-refractivity contribution is 0.577. The molecule has 0 atom stereocenters. The summed E-state index contributed by atoms with van der Waals surface area (Å²) >= 11 is 0. The summed E-state index contributed by atoms with van der Waals surface area (Å²) in [6.45, 7) is 3.89.